The van der Waals surface area contributed by atoms with Gasteiger partial charge in [-0.2, -0.15) is 5.10 Å². The lowest BCUT2D eigenvalue weighted by molar-refractivity contribution is 0.0691. The van der Waals surface area contributed by atoms with Crippen molar-refractivity contribution >= 4 is 32.7 Å². The molecule has 13 nitrogen and oxygen atoms in total. The fraction of sp³-hybridized carbons (Fsp3) is 0.273. The average Bonchev–Trinajstić information content (AvgIpc) is 3.15. The molecule has 0 radical (unpaired) electrons. The molecule has 4 rings (SSSR count). The number of aromatic nitrogens is 6. The van der Waals surface area contributed by atoms with Crippen LogP contribution in [-0.4, -0.2) is 55.8 Å². The number of sulfonamides is 1. The number of aryl methyl sites for hydroxylation is 2. The summed E-state index contributed by atoms with van der Waals surface area (Å²) in [5.41, 5.74) is 0.358. The number of ether oxygens (including phenoxy) is 1. The van der Waals surface area contributed by atoms with E-state index < -0.39 is 27.2 Å². The number of fused-ring (bicyclic) bond motifs is 1. The van der Waals surface area contributed by atoms with E-state index in [4.69, 9.17) is 4.74 Å². The van der Waals surface area contributed by atoms with Crippen molar-refractivity contribution in [2.24, 2.45) is 7.05 Å². The molecule has 188 valence electrons. The Balaban J connectivity index is 1.86. The van der Waals surface area contributed by atoms with Gasteiger partial charge in [-0.15, -0.1) is 0 Å². The van der Waals surface area contributed by atoms with E-state index in [1.54, 1.807) is 14.0 Å². The fourth-order valence-corrected chi connectivity index (χ4v) is 4.78. The van der Waals surface area contributed by atoms with E-state index >= 15 is 0 Å². The Labute approximate surface area is 205 Å². The van der Waals surface area contributed by atoms with Crippen molar-refractivity contribution in [3.05, 3.63) is 52.5 Å². The standard InChI is InChI=1S/C22H23N7O6S/c1-4-6-14-17-19(29(3)27-14)21(30)26-20(25-17)13-9-12(7-8-16(13)35-5-2)36(33,34)28-15-10-23-11-24-18(15)22(31)32/h7-11,28H,4-6H2,1-3H3,(H,31,32)(H,25,26,30). The highest BCUT2D eigenvalue weighted by Gasteiger charge is 2.23. The number of rotatable bonds is 9. The molecular formula is C22H23N7O6S. The van der Waals surface area contributed by atoms with E-state index in [2.05, 4.69) is 29.8 Å². The van der Waals surface area contributed by atoms with Gasteiger partial charge >= 0.3 is 5.97 Å². The Morgan fingerprint density at radius 1 is 1.28 bits per heavy atom. The molecule has 0 aliphatic rings. The van der Waals surface area contributed by atoms with Crippen LogP contribution in [0.2, 0.25) is 0 Å². The monoisotopic (exact) mass is 513 g/mol. The molecule has 0 saturated heterocycles. The fourth-order valence-electron chi connectivity index (χ4n) is 3.70. The second-order valence-corrected chi connectivity index (χ2v) is 9.40. The number of aromatic amines is 1. The van der Waals surface area contributed by atoms with Crippen molar-refractivity contribution in [3.63, 3.8) is 0 Å². The predicted molar refractivity (Wildman–Crippen MR) is 130 cm³/mol. The number of hydrogen-bond donors (Lipinski definition) is 3. The van der Waals surface area contributed by atoms with E-state index in [1.165, 1.54) is 22.9 Å². The number of benzene rings is 1. The van der Waals surface area contributed by atoms with Crippen LogP contribution in [0.15, 0.2) is 40.4 Å². The lowest BCUT2D eigenvalue weighted by Crippen LogP contribution is -2.17. The number of carboxylic acid groups (broad SMARTS) is 1. The highest BCUT2D eigenvalue weighted by molar-refractivity contribution is 7.92. The minimum absolute atomic E-state index is 0.104. The van der Waals surface area contributed by atoms with Crippen molar-refractivity contribution in [1.29, 1.82) is 0 Å². The van der Waals surface area contributed by atoms with Crippen LogP contribution in [0, 0.1) is 0 Å². The highest BCUT2D eigenvalue weighted by Crippen LogP contribution is 2.32. The molecule has 4 aromatic rings. The average molecular weight is 514 g/mol. The summed E-state index contributed by atoms with van der Waals surface area (Å²) in [6.45, 7) is 4.02. The van der Waals surface area contributed by atoms with E-state index in [1.807, 2.05) is 6.92 Å². The maximum Gasteiger partial charge on any atom is 0.356 e. The van der Waals surface area contributed by atoms with Crippen LogP contribution in [-0.2, 0) is 23.5 Å². The third-order valence-corrected chi connectivity index (χ3v) is 6.59. The molecule has 0 aliphatic carbocycles. The molecule has 0 bridgehead atoms. The van der Waals surface area contributed by atoms with E-state index in [0.717, 1.165) is 18.9 Å². The molecule has 0 atom stereocenters. The number of H-pyrrole nitrogens is 1. The predicted octanol–water partition coefficient (Wildman–Crippen LogP) is 1.96. The summed E-state index contributed by atoms with van der Waals surface area (Å²) in [6.07, 6.45) is 3.45. The number of carbonyl (C=O) groups is 1. The summed E-state index contributed by atoms with van der Waals surface area (Å²) < 4.78 is 35.6. The van der Waals surface area contributed by atoms with Gasteiger partial charge in [0.15, 0.2) is 11.2 Å². The second-order valence-electron chi connectivity index (χ2n) is 7.72. The summed E-state index contributed by atoms with van der Waals surface area (Å²) in [5, 5.41) is 13.7. The summed E-state index contributed by atoms with van der Waals surface area (Å²) in [4.78, 5) is 38.7. The molecule has 1 aromatic carbocycles. The molecule has 0 unspecified atom stereocenters. The van der Waals surface area contributed by atoms with Gasteiger partial charge < -0.3 is 14.8 Å². The zero-order valence-electron chi connectivity index (χ0n) is 19.6. The van der Waals surface area contributed by atoms with Crippen LogP contribution in [0.25, 0.3) is 22.4 Å². The normalized spacial score (nSPS) is 11.5. The summed E-state index contributed by atoms with van der Waals surface area (Å²) in [6, 6.07) is 4.02. The van der Waals surface area contributed by atoms with E-state index in [0.29, 0.717) is 28.9 Å². The molecule has 0 aliphatic heterocycles. The van der Waals surface area contributed by atoms with Crippen LogP contribution < -0.4 is 15.0 Å². The van der Waals surface area contributed by atoms with Crippen molar-refractivity contribution in [2.75, 3.05) is 11.3 Å². The highest BCUT2D eigenvalue weighted by atomic mass is 32.2. The Kier molecular flexibility index (Phi) is 6.70. The lowest BCUT2D eigenvalue weighted by atomic mass is 10.1. The Hall–Kier alpha value is -4.33. The smallest absolute Gasteiger partial charge is 0.356 e. The van der Waals surface area contributed by atoms with E-state index in [9.17, 15) is 23.1 Å². The Morgan fingerprint density at radius 2 is 2.06 bits per heavy atom. The molecular weight excluding hydrogens is 490 g/mol. The molecule has 0 spiro atoms. The van der Waals surface area contributed by atoms with Crippen molar-refractivity contribution in [1.82, 2.24) is 29.7 Å². The number of aromatic carboxylic acids is 1. The minimum Gasteiger partial charge on any atom is -0.493 e. The third-order valence-electron chi connectivity index (χ3n) is 5.22. The first kappa shape index (κ1) is 24.8. The van der Waals surface area contributed by atoms with Gasteiger partial charge in [0.25, 0.3) is 15.6 Å². The zero-order chi connectivity index (χ0) is 26.0. The number of anilines is 1. The Bertz CT molecular complexity index is 1630. The van der Waals surface area contributed by atoms with Gasteiger partial charge in [-0.25, -0.2) is 28.2 Å². The molecule has 3 N–H and O–H groups in total. The first-order valence-electron chi connectivity index (χ1n) is 11.0. The maximum absolute atomic E-state index is 13.1. The molecule has 3 heterocycles. The number of hydrogen-bond acceptors (Lipinski definition) is 9. The van der Waals surface area contributed by atoms with Gasteiger partial charge in [0.2, 0.25) is 0 Å². The molecule has 3 aromatic heterocycles. The largest absolute Gasteiger partial charge is 0.493 e. The molecule has 36 heavy (non-hydrogen) atoms. The SMILES string of the molecule is CCCc1nn(C)c2c(=O)[nH]c(-c3cc(S(=O)(=O)Nc4cncnc4C(=O)O)ccc3OCC)nc12. The van der Waals surface area contributed by atoms with Crippen LogP contribution in [0.1, 0.15) is 36.5 Å². The zero-order valence-corrected chi connectivity index (χ0v) is 20.5. The Morgan fingerprint density at radius 3 is 2.75 bits per heavy atom. The first-order valence-corrected chi connectivity index (χ1v) is 12.4. The van der Waals surface area contributed by atoms with Crippen LogP contribution in [0.5, 0.6) is 5.75 Å². The second kappa shape index (κ2) is 9.73. The topological polar surface area (TPSA) is 182 Å². The van der Waals surface area contributed by atoms with Gasteiger partial charge in [0.1, 0.15) is 29.1 Å². The van der Waals surface area contributed by atoms with E-state index in [-0.39, 0.29) is 28.6 Å². The summed E-state index contributed by atoms with van der Waals surface area (Å²) in [5.74, 6) is -1.02. The molecule has 0 saturated carbocycles. The van der Waals surface area contributed by atoms with Crippen molar-refractivity contribution < 1.29 is 23.1 Å². The van der Waals surface area contributed by atoms with Crippen LogP contribution in [0.4, 0.5) is 5.69 Å². The van der Waals surface area contributed by atoms with Gasteiger partial charge in [-0.05, 0) is 31.5 Å². The minimum atomic E-state index is -4.28. The summed E-state index contributed by atoms with van der Waals surface area (Å²) in [7, 11) is -2.63. The van der Waals surface area contributed by atoms with Gasteiger partial charge in [0.05, 0.1) is 29.0 Å². The first-order chi connectivity index (χ1) is 17.2. The number of nitrogens with zero attached hydrogens (tertiary/aromatic N) is 5. The van der Waals surface area contributed by atoms with Crippen LogP contribution in [0.3, 0.4) is 0 Å². The maximum atomic E-state index is 13.1. The molecule has 0 amide bonds. The summed E-state index contributed by atoms with van der Waals surface area (Å²) >= 11 is 0. The molecule has 14 heteroatoms. The molecule has 0 fully saturated rings. The van der Waals surface area contributed by atoms with Crippen LogP contribution >= 0.6 is 0 Å². The van der Waals surface area contributed by atoms with Gasteiger partial charge in [-0.3, -0.25) is 14.2 Å². The van der Waals surface area contributed by atoms with Gasteiger partial charge in [-0.1, -0.05) is 13.3 Å². The third kappa shape index (κ3) is 4.62. The quantitative estimate of drug-likeness (QED) is 0.299. The van der Waals surface area contributed by atoms with Gasteiger partial charge in [0, 0.05) is 7.05 Å². The van der Waals surface area contributed by atoms with Crippen molar-refractivity contribution in [3.8, 4) is 17.1 Å². The lowest BCUT2D eigenvalue weighted by Gasteiger charge is -2.14. The number of nitrogens with one attached hydrogen (secondary N) is 2. The number of carboxylic acids is 1. The van der Waals surface area contributed by atoms with Crippen molar-refractivity contribution in [2.45, 2.75) is 31.6 Å².